The molecule has 2 aromatic carbocycles. The van der Waals surface area contributed by atoms with Gasteiger partial charge < -0.3 is 9.64 Å². The van der Waals surface area contributed by atoms with Gasteiger partial charge in [0.05, 0.1) is 18.8 Å². The molecule has 1 atom stereocenters. The molecule has 1 aliphatic carbocycles. The molecule has 142 valence electrons. The molecule has 3 aromatic rings. The second kappa shape index (κ2) is 7.80. The Labute approximate surface area is 165 Å². The van der Waals surface area contributed by atoms with Crippen LogP contribution in [0, 0.1) is 0 Å². The van der Waals surface area contributed by atoms with Crippen molar-refractivity contribution in [2.24, 2.45) is 0 Å². The van der Waals surface area contributed by atoms with Crippen LogP contribution in [-0.2, 0) is 6.42 Å². The predicted molar refractivity (Wildman–Crippen MR) is 108 cm³/mol. The molecule has 0 fully saturated rings. The molecule has 1 aromatic heterocycles. The maximum absolute atomic E-state index is 13.2. The van der Waals surface area contributed by atoms with Gasteiger partial charge in [-0.1, -0.05) is 36.4 Å². The van der Waals surface area contributed by atoms with E-state index in [0.29, 0.717) is 17.1 Å². The van der Waals surface area contributed by atoms with E-state index >= 15 is 0 Å². The average Bonchev–Trinajstić information content (AvgIpc) is 2.78. The Morgan fingerprint density at radius 1 is 1.07 bits per heavy atom. The number of methoxy groups -OCH3 is 1. The van der Waals surface area contributed by atoms with Gasteiger partial charge in [-0.3, -0.25) is 4.79 Å². The Balaban J connectivity index is 1.60. The summed E-state index contributed by atoms with van der Waals surface area (Å²) >= 11 is 0. The summed E-state index contributed by atoms with van der Waals surface area (Å²) < 4.78 is 5.06. The Morgan fingerprint density at radius 3 is 2.71 bits per heavy atom. The largest absolute Gasteiger partial charge is 0.480 e. The Kier molecular flexibility index (Phi) is 5.06. The van der Waals surface area contributed by atoms with Gasteiger partial charge in [-0.15, -0.1) is 10.2 Å². The van der Waals surface area contributed by atoms with E-state index in [9.17, 15) is 4.79 Å². The number of ether oxygens (including phenoxy) is 1. The zero-order valence-corrected chi connectivity index (χ0v) is 16.1. The van der Waals surface area contributed by atoms with Crippen molar-refractivity contribution in [3.63, 3.8) is 0 Å². The molecule has 0 saturated carbocycles. The van der Waals surface area contributed by atoms with Gasteiger partial charge in [0.15, 0.2) is 0 Å². The van der Waals surface area contributed by atoms with E-state index in [1.165, 1.54) is 11.1 Å². The van der Waals surface area contributed by atoms with Gasteiger partial charge in [-0.25, -0.2) is 0 Å². The van der Waals surface area contributed by atoms with E-state index < -0.39 is 0 Å². The van der Waals surface area contributed by atoms with Gasteiger partial charge in [0.2, 0.25) is 5.88 Å². The number of hydrogen-bond acceptors (Lipinski definition) is 4. The fourth-order valence-electron chi connectivity index (χ4n) is 3.87. The van der Waals surface area contributed by atoms with Crippen molar-refractivity contribution in [1.82, 2.24) is 15.1 Å². The topological polar surface area (TPSA) is 55.3 Å². The van der Waals surface area contributed by atoms with E-state index in [-0.39, 0.29) is 11.9 Å². The quantitative estimate of drug-likeness (QED) is 0.684. The van der Waals surface area contributed by atoms with Crippen molar-refractivity contribution in [3.8, 4) is 17.1 Å². The van der Waals surface area contributed by atoms with Crippen LogP contribution in [0.15, 0.2) is 60.7 Å². The van der Waals surface area contributed by atoms with Gasteiger partial charge in [-0.2, -0.15) is 0 Å². The van der Waals surface area contributed by atoms with Crippen molar-refractivity contribution >= 4 is 5.91 Å². The lowest BCUT2D eigenvalue weighted by molar-refractivity contribution is 0.0715. The van der Waals surface area contributed by atoms with E-state index in [4.69, 9.17) is 4.74 Å². The summed E-state index contributed by atoms with van der Waals surface area (Å²) in [6.07, 6.45) is 3.17. The summed E-state index contributed by atoms with van der Waals surface area (Å²) in [5, 5.41) is 8.20. The Hall–Kier alpha value is -3.21. The van der Waals surface area contributed by atoms with Crippen molar-refractivity contribution in [2.75, 3.05) is 14.2 Å². The maximum atomic E-state index is 13.2. The first-order chi connectivity index (χ1) is 13.7. The molecule has 0 spiro atoms. The second-order valence-electron chi connectivity index (χ2n) is 7.06. The molecule has 1 aliphatic rings. The number of aryl methyl sites for hydroxylation is 1. The van der Waals surface area contributed by atoms with Gasteiger partial charge in [0.25, 0.3) is 5.91 Å². The molecule has 5 nitrogen and oxygen atoms in total. The van der Waals surface area contributed by atoms with Gasteiger partial charge in [0.1, 0.15) is 0 Å². The highest BCUT2D eigenvalue weighted by Crippen LogP contribution is 2.34. The molecule has 0 radical (unpaired) electrons. The predicted octanol–water partition coefficient (Wildman–Crippen LogP) is 4.30. The summed E-state index contributed by atoms with van der Waals surface area (Å²) in [7, 11) is 3.46. The number of carbonyl (C=O) groups is 1. The third-order valence-corrected chi connectivity index (χ3v) is 5.38. The number of benzene rings is 2. The van der Waals surface area contributed by atoms with Gasteiger partial charge >= 0.3 is 0 Å². The molecule has 1 heterocycles. The molecular formula is C23H23N3O2. The summed E-state index contributed by atoms with van der Waals surface area (Å²) in [5.41, 5.74) is 4.84. The Morgan fingerprint density at radius 2 is 1.93 bits per heavy atom. The zero-order chi connectivity index (χ0) is 19.5. The fraction of sp³-hybridized carbons (Fsp3) is 0.261. The SMILES string of the molecule is COc1ccc(-c2cccc(C(=O)N(C)C3CCCc4ccccc43)c2)nn1. The average molecular weight is 373 g/mol. The minimum Gasteiger partial charge on any atom is -0.480 e. The number of aromatic nitrogens is 2. The molecule has 0 saturated heterocycles. The zero-order valence-electron chi connectivity index (χ0n) is 16.1. The molecule has 4 rings (SSSR count). The molecule has 5 heteroatoms. The second-order valence-corrected chi connectivity index (χ2v) is 7.06. The Bertz CT molecular complexity index is 985. The minimum atomic E-state index is 0.0185. The van der Waals surface area contributed by atoms with Crippen LogP contribution < -0.4 is 4.74 Å². The summed E-state index contributed by atoms with van der Waals surface area (Å²) in [4.78, 5) is 15.1. The first kappa shape index (κ1) is 18.2. The number of fused-ring (bicyclic) bond motifs is 1. The molecule has 0 bridgehead atoms. The van der Waals surface area contributed by atoms with E-state index in [1.54, 1.807) is 13.2 Å². The molecule has 0 N–H and O–H groups in total. The standard InChI is InChI=1S/C23H23N3O2/c1-26(21-12-6-8-16-7-3-4-11-19(16)21)23(27)18-10-5-9-17(15-18)20-13-14-22(28-2)25-24-20/h3-5,7,9-11,13-15,21H,6,8,12H2,1-2H3. The fourth-order valence-corrected chi connectivity index (χ4v) is 3.87. The molecule has 28 heavy (non-hydrogen) atoms. The number of amides is 1. The monoisotopic (exact) mass is 373 g/mol. The van der Waals surface area contributed by atoms with Crippen molar-refractivity contribution in [1.29, 1.82) is 0 Å². The third-order valence-electron chi connectivity index (χ3n) is 5.38. The highest BCUT2D eigenvalue weighted by Gasteiger charge is 2.27. The van der Waals surface area contributed by atoms with Crippen molar-refractivity contribution < 1.29 is 9.53 Å². The highest BCUT2D eigenvalue weighted by molar-refractivity contribution is 5.95. The lowest BCUT2D eigenvalue weighted by Gasteiger charge is -2.33. The van der Waals surface area contributed by atoms with E-state index in [1.807, 2.05) is 42.3 Å². The first-order valence-electron chi connectivity index (χ1n) is 9.50. The van der Waals surface area contributed by atoms with Crippen LogP contribution in [0.4, 0.5) is 0 Å². The lowest BCUT2D eigenvalue weighted by Crippen LogP contribution is -2.33. The number of rotatable bonds is 4. The smallest absolute Gasteiger partial charge is 0.254 e. The summed E-state index contributed by atoms with van der Waals surface area (Å²) in [6.45, 7) is 0. The van der Waals surface area contributed by atoms with E-state index in [0.717, 1.165) is 24.8 Å². The van der Waals surface area contributed by atoms with Crippen LogP contribution in [0.25, 0.3) is 11.3 Å². The number of carbonyl (C=O) groups excluding carboxylic acids is 1. The van der Waals surface area contributed by atoms with Crippen LogP contribution in [0.1, 0.15) is 40.4 Å². The van der Waals surface area contributed by atoms with Gasteiger partial charge in [-0.05, 0) is 48.6 Å². The van der Waals surface area contributed by atoms with Crippen molar-refractivity contribution in [3.05, 3.63) is 77.4 Å². The third kappa shape index (κ3) is 3.48. The summed E-state index contributed by atoms with van der Waals surface area (Å²) in [6, 6.07) is 19.7. The minimum absolute atomic E-state index is 0.0185. The van der Waals surface area contributed by atoms with Crippen LogP contribution >= 0.6 is 0 Å². The van der Waals surface area contributed by atoms with Crippen LogP contribution in [0.2, 0.25) is 0 Å². The molecule has 1 unspecified atom stereocenters. The molecular weight excluding hydrogens is 350 g/mol. The number of nitrogens with zero attached hydrogens (tertiary/aromatic N) is 3. The molecule has 1 amide bonds. The first-order valence-corrected chi connectivity index (χ1v) is 9.50. The highest BCUT2D eigenvalue weighted by atomic mass is 16.5. The van der Waals surface area contributed by atoms with Crippen molar-refractivity contribution in [2.45, 2.75) is 25.3 Å². The number of hydrogen-bond donors (Lipinski definition) is 0. The van der Waals surface area contributed by atoms with Gasteiger partial charge in [0, 0.05) is 24.2 Å². The molecule has 0 aliphatic heterocycles. The van der Waals surface area contributed by atoms with Crippen LogP contribution in [0.5, 0.6) is 5.88 Å². The maximum Gasteiger partial charge on any atom is 0.254 e. The van der Waals surface area contributed by atoms with E-state index in [2.05, 4.69) is 34.5 Å². The van der Waals surface area contributed by atoms with Crippen LogP contribution in [-0.4, -0.2) is 35.2 Å². The normalized spacial score (nSPS) is 15.6. The van der Waals surface area contributed by atoms with Crippen LogP contribution in [0.3, 0.4) is 0 Å². The lowest BCUT2D eigenvalue weighted by atomic mass is 9.87. The summed E-state index contributed by atoms with van der Waals surface area (Å²) in [5.74, 6) is 0.483.